The van der Waals surface area contributed by atoms with Crippen molar-refractivity contribution in [1.82, 2.24) is 4.98 Å². The van der Waals surface area contributed by atoms with Crippen molar-refractivity contribution < 1.29 is 9.53 Å². The molecule has 2 aromatic carbocycles. The van der Waals surface area contributed by atoms with Gasteiger partial charge in [-0.3, -0.25) is 9.78 Å². The van der Waals surface area contributed by atoms with Gasteiger partial charge < -0.3 is 15.4 Å². The largest absolute Gasteiger partial charge is 0.497 e. The van der Waals surface area contributed by atoms with Gasteiger partial charge in [-0.2, -0.15) is 0 Å². The Balaban J connectivity index is 1.73. The Labute approximate surface area is 154 Å². The van der Waals surface area contributed by atoms with Crippen molar-refractivity contribution in [3.05, 3.63) is 77.0 Å². The Morgan fingerprint density at radius 2 is 1.80 bits per heavy atom. The van der Waals surface area contributed by atoms with E-state index in [1.807, 2.05) is 42.5 Å². The molecule has 25 heavy (non-hydrogen) atoms. The van der Waals surface area contributed by atoms with Crippen LogP contribution in [-0.4, -0.2) is 18.0 Å². The average Bonchev–Trinajstić information content (AvgIpc) is 2.64. The van der Waals surface area contributed by atoms with Gasteiger partial charge in [0.25, 0.3) is 5.91 Å². The Bertz CT molecular complexity index is 882. The minimum absolute atomic E-state index is 0.285. The molecule has 126 valence electrons. The van der Waals surface area contributed by atoms with E-state index in [4.69, 9.17) is 4.74 Å². The van der Waals surface area contributed by atoms with E-state index in [-0.39, 0.29) is 5.91 Å². The zero-order valence-corrected chi connectivity index (χ0v) is 15.1. The Morgan fingerprint density at radius 3 is 2.56 bits per heavy atom. The molecule has 0 aliphatic heterocycles. The highest BCUT2D eigenvalue weighted by atomic mass is 79.9. The van der Waals surface area contributed by atoms with E-state index in [0.717, 1.165) is 15.8 Å². The highest BCUT2D eigenvalue weighted by molar-refractivity contribution is 9.10. The first-order valence-electron chi connectivity index (χ1n) is 7.58. The quantitative estimate of drug-likeness (QED) is 0.645. The predicted molar refractivity (Wildman–Crippen MR) is 103 cm³/mol. The molecule has 0 aliphatic carbocycles. The van der Waals surface area contributed by atoms with Gasteiger partial charge in [0.05, 0.1) is 7.11 Å². The first kappa shape index (κ1) is 17.0. The summed E-state index contributed by atoms with van der Waals surface area (Å²) in [5.74, 6) is 0.393. The molecule has 0 saturated carbocycles. The topological polar surface area (TPSA) is 63.2 Å². The third kappa shape index (κ3) is 4.58. The normalized spacial score (nSPS) is 10.2. The first-order chi connectivity index (χ1) is 12.1. The van der Waals surface area contributed by atoms with Crippen LogP contribution >= 0.6 is 15.9 Å². The number of nitrogens with zero attached hydrogens (tertiary/aromatic N) is 1. The van der Waals surface area contributed by atoms with Crippen molar-refractivity contribution in [3.8, 4) is 5.75 Å². The number of benzene rings is 2. The fraction of sp³-hybridized carbons (Fsp3) is 0.0526. The number of anilines is 3. The molecule has 6 heteroatoms. The van der Waals surface area contributed by atoms with Crippen LogP contribution in [0.15, 0.2) is 71.3 Å². The van der Waals surface area contributed by atoms with Crippen molar-refractivity contribution in [2.75, 3.05) is 17.7 Å². The molecule has 1 aromatic heterocycles. The summed E-state index contributed by atoms with van der Waals surface area (Å²) in [6, 6.07) is 18.5. The Kier molecular flexibility index (Phi) is 5.30. The molecule has 0 spiro atoms. The molecule has 1 amide bonds. The van der Waals surface area contributed by atoms with Gasteiger partial charge in [0.2, 0.25) is 0 Å². The number of pyridine rings is 1. The van der Waals surface area contributed by atoms with E-state index in [1.54, 1.807) is 31.5 Å². The summed E-state index contributed by atoms with van der Waals surface area (Å²) in [6.07, 6.45) is 1.60. The fourth-order valence-electron chi connectivity index (χ4n) is 2.23. The maximum absolute atomic E-state index is 12.4. The third-order valence-electron chi connectivity index (χ3n) is 3.45. The molecule has 0 atom stereocenters. The van der Waals surface area contributed by atoms with Crippen LogP contribution in [-0.2, 0) is 0 Å². The number of methoxy groups -OCH3 is 1. The Morgan fingerprint density at radius 1 is 1.00 bits per heavy atom. The van der Waals surface area contributed by atoms with Crippen molar-refractivity contribution in [3.63, 3.8) is 0 Å². The lowest BCUT2D eigenvalue weighted by molar-refractivity contribution is 0.102. The van der Waals surface area contributed by atoms with Crippen LogP contribution in [0.25, 0.3) is 0 Å². The molecule has 0 radical (unpaired) electrons. The van der Waals surface area contributed by atoms with E-state index in [1.165, 1.54) is 0 Å². The average molecular weight is 398 g/mol. The van der Waals surface area contributed by atoms with E-state index in [2.05, 4.69) is 31.5 Å². The van der Waals surface area contributed by atoms with Crippen LogP contribution in [0.2, 0.25) is 0 Å². The molecule has 0 unspecified atom stereocenters. The summed E-state index contributed by atoms with van der Waals surface area (Å²) in [6.45, 7) is 0. The van der Waals surface area contributed by atoms with Crippen LogP contribution in [0.4, 0.5) is 17.1 Å². The molecule has 0 aliphatic rings. The number of hydrogen-bond donors (Lipinski definition) is 2. The lowest BCUT2D eigenvalue weighted by Gasteiger charge is -2.09. The highest BCUT2D eigenvalue weighted by Crippen LogP contribution is 2.21. The van der Waals surface area contributed by atoms with Crippen LogP contribution in [0.1, 0.15) is 10.5 Å². The van der Waals surface area contributed by atoms with Crippen LogP contribution in [0, 0.1) is 0 Å². The number of ether oxygens (including phenoxy) is 1. The molecule has 3 aromatic rings. The predicted octanol–water partition coefficient (Wildman–Crippen LogP) is 4.85. The van der Waals surface area contributed by atoms with Crippen molar-refractivity contribution in [2.24, 2.45) is 0 Å². The number of nitrogens with one attached hydrogen (secondary N) is 2. The zero-order valence-electron chi connectivity index (χ0n) is 13.5. The minimum atomic E-state index is -0.285. The monoisotopic (exact) mass is 397 g/mol. The van der Waals surface area contributed by atoms with Crippen LogP contribution in [0.3, 0.4) is 0 Å². The number of carbonyl (C=O) groups excluding carboxylic acids is 1. The van der Waals surface area contributed by atoms with E-state index in [0.29, 0.717) is 17.1 Å². The summed E-state index contributed by atoms with van der Waals surface area (Å²) in [5.41, 5.74) is 2.68. The first-order valence-corrected chi connectivity index (χ1v) is 8.37. The highest BCUT2D eigenvalue weighted by Gasteiger charge is 2.09. The van der Waals surface area contributed by atoms with Gasteiger partial charge in [0.15, 0.2) is 0 Å². The Hall–Kier alpha value is -2.86. The van der Waals surface area contributed by atoms with Crippen LogP contribution < -0.4 is 15.4 Å². The molecule has 0 bridgehead atoms. The van der Waals surface area contributed by atoms with Crippen molar-refractivity contribution >= 4 is 38.9 Å². The standard InChI is InChI=1S/C19H16BrN3O2/c1-25-17-4-2-3-15(11-17)23-19(24)18-12-16(9-10-21-18)22-14-7-5-13(20)6-8-14/h2-12H,1H3,(H,21,22)(H,23,24). The third-order valence-corrected chi connectivity index (χ3v) is 3.98. The SMILES string of the molecule is COc1cccc(NC(=O)c2cc(Nc3ccc(Br)cc3)ccn2)c1. The van der Waals surface area contributed by atoms with Gasteiger partial charge in [-0.15, -0.1) is 0 Å². The van der Waals surface area contributed by atoms with Crippen molar-refractivity contribution in [1.29, 1.82) is 0 Å². The molecule has 0 fully saturated rings. The van der Waals surface area contributed by atoms with Gasteiger partial charge in [0, 0.05) is 33.8 Å². The molecule has 0 saturated heterocycles. The summed E-state index contributed by atoms with van der Waals surface area (Å²) >= 11 is 3.40. The maximum atomic E-state index is 12.4. The second kappa shape index (κ2) is 7.81. The maximum Gasteiger partial charge on any atom is 0.274 e. The zero-order chi connectivity index (χ0) is 17.6. The second-order valence-corrected chi connectivity index (χ2v) is 6.16. The molecule has 2 N–H and O–H groups in total. The van der Waals surface area contributed by atoms with Gasteiger partial charge in [-0.1, -0.05) is 22.0 Å². The van der Waals surface area contributed by atoms with E-state index >= 15 is 0 Å². The van der Waals surface area contributed by atoms with Crippen molar-refractivity contribution in [2.45, 2.75) is 0 Å². The number of amides is 1. The van der Waals surface area contributed by atoms with Gasteiger partial charge >= 0.3 is 0 Å². The van der Waals surface area contributed by atoms with Gasteiger partial charge in [-0.25, -0.2) is 0 Å². The summed E-state index contributed by atoms with van der Waals surface area (Å²) in [4.78, 5) is 16.6. The van der Waals surface area contributed by atoms with Gasteiger partial charge in [-0.05, 0) is 48.5 Å². The van der Waals surface area contributed by atoms with Crippen LogP contribution in [0.5, 0.6) is 5.75 Å². The summed E-state index contributed by atoms with van der Waals surface area (Å²) in [5, 5.41) is 6.06. The van der Waals surface area contributed by atoms with E-state index < -0.39 is 0 Å². The van der Waals surface area contributed by atoms with Gasteiger partial charge in [0.1, 0.15) is 11.4 Å². The molecular formula is C19H16BrN3O2. The molecule has 3 rings (SSSR count). The minimum Gasteiger partial charge on any atom is -0.497 e. The molecular weight excluding hydrogens is 382 g/mol. The summed E-state index contributed by atoms with van der Waals surface area (Å²) < 4.78 is 6.16. The number of aromatic nitrogens is 1. The smallest absolute Gasteiger partial charge is 0.274 e. The molecule has 5 nitrogen and oxygen atoms in total. The lowest BCUT2D eigenvalue weighted by Crippen LogP contribution is -2.13. The van der Waals surface area contributed by atoms with E-state index in [9.17, 15) is 4.79 Å². The second-order valence-electron chi connectivity index (χ2n) is 5.25. The number of halogens is 1. The number of carbonyl (C=O) groups is 1. The lowest BCUT2D eigenvalue weighted by atomic mass is 10.2. The number of rotatable bonds is 5. The number of hydrogen-bond acceptors (Lipinski definition) is 4. The summed E-state index contributed by atoms with van der Waals surface area (Å²) in [7, 11) is 1.58. The fourth-order valence-corrected chi connectivity index (χ4v) is 2.49. The molecule has 1 heterocycles.